The fraction of sp³-hybridized carbons (Fsp3) is 0.353. The molecular weight excluding hydrogens is 280 g/mol. The first-order chi connectivity index (χ1) is 10.6. The molecule has 1 saturated heterocycles. The number of amides is 3. The molecule has 3 rings (SSSR count). The number of nitrogens with one attached hydrogen (secondary N) is 1. The SMILES string of the molecule is CN1C(=O)[C@H]2[C@H](CC=C[C@H]2NC(=O)Cc2ccccc2)C1=O. The minimum absolute atomic E-state index is 0.142. The summed E-state index contributed by atoms with van der Waals surface area (Å²) in [6, 6.07) is 9.03. The van der Waals surface area contributed by atoms with Gasteiger partial charge in [0.1, 0.15) is 0 Å². The molecule has 0 bridgehead atoms. The summed E-state index contributed by atoms with van der Waals surface area (Å²) in [6.07, 6.45) is 4.53. The van der Waals surface area contributed by atoms with Gasteiger partial charge in [0, 0.05) is 7.05 Å². The summed E-state index contributed by atoms with van der Waals surface area (Å²) in [5, 5.41) is 2.88. The van der Waals surface area contributed by atoms with Gasteiger partial charge >= 0.3 is 0 Å². The Balaban J connectivity index is 1.71. The highest BCUT2D eigenvalue weighted by Crippen LogP contribution is 2.34. The number of likely N-dealkylation sites (tertiary alicyclic amines) is 1. The first-order valence-corrected chi connectivity index (χ1v) is 7.39. The summed E-state index contributed by atoms with van der Waals surface area (Å²) in [5.74, 6) is -1.31. The first-order valence-electron chi connectivity index (χ1n) is 7.39. The van der Waals surface area contributed by atoms with Crippen molar-refractivity contribution >= 4 is 17.7 Å². The molecule has 114 valence electrons. The number of hydrogen-bond acceptors (Lipinski definition) is 3. The van der Waals surface area contributed by atoms with Crippen LogP contribution in [0.3, 0.4) is 0 Å². The molecule has 0 spiro atoms. The Bertz CT molecular complexity index is 639. The van der Waals surface area contributed by atoms with Crippen LogP contribution in [0.5, 0.6) is 0 Å². The highest BCUT2D eigenvalue weighted by molar-refractivity contribution is 6.05. The van der Waals surface area contributed by atoms with Crippen molar-refractivity contribution in [1.29, 1.82) is 0 Å². The molecule has 5 nitrogen and oxygen atoms in total. The lowest BCUT2D eigenvalue weighted by Gasteiger charge is -2.27. The molecule has 22 heavy (non-hydrogen) atoms. The molecule has 1 aliphatic carbocycles. The highest BCUT2D eigenvalue weighted by Gasteiger charge is 2.49. The molecule has 1 aromatic rings. The third-order valence-electron chi connectivity index (χ3n) is 4.35. The van der Waals surface area contributed by atoms with Crippen molar-refractivity contribution in [3.8, 4) is 0 Å². The van der Waals surface area contributed by atoms with E-state index >= 15 is 0 Å². The van der Waals surface area contributed by atoms with Crippen molar-refractivity contribution in [2.45, 2.75) is 18.9 Å². The van der Waals surface area contributed by atoms with E-state index in [1.807, 2.05) is 42.5 Å². The van der Waals surface area contributed by atoms with E-state index < -0.39 is 12.0 Å². The van der Waals surface area contributed by atoms with Crippen LogP contribution in [0.4, 0.5) is 0 Å². The van der Waals surface area contributed by atoms with Crippen LogP contribution < -0.4 is 5.32 Å². The molecule has 3 amide bonds. The number of hydrogen-bond donors (Lipinski definition) is 1. The predicted octanol–water partition coefficient (Wildman–Crippen LogP) is 0.905. The van der Waals surface area contributed by atoms with E-state index in [2.05, 4.69) is 5.32 Å². The van der Waals surface area contributed by atoms with E-state index in [9.17, 15) is 14.4 Å². The van der Waals surface area contributed by atoms with Gasteiger partial charge in [-0.05, 0) is 12.0 Å². The predicted molar refractivity (Wildman–Crippen MR) is 80.6 cm³/mol. The second kappa shape index (κ2) is 5.75. The van der Waals surface area contributed by atoms with Crippen molar-refractivity contribution < 1.29 is 14.4 Å². The maximum Gasteiger partial charge on any atom is 0.235 e. The molecule has 5 heteroatoms. The van der Waals surface area contributed by atoms with Gasteiger partial charge in [0.15, 0.2) is 0 Å². The Labute approximate surface area is 129 Å². The van der Waals surface area contributed by atoms with Crippen LogP contribution >= 0.6 is 0 Å². The summed E-state index contributed by atoms with van der Waals surface area (Å²) in [7, 11) is 1.51. The Morgan fingerprint density at radius 1 is 1.23 bits per heavy atom. The van der Waals surface area contributed by atoms with Gasteiger partial charge in [0.05, 0.1) is 24.3 Å². The number of rotatable bonds is 3. The summed E-state index contributed by atoms with van der Waals surface area (Å²) >= 11 is 0. The molecule has 0 radical (unpaired) electrons. The quantitative estimate of drug-likeness (QED) is 0.666. The first kappa shape index (κ1) is 14.5. The molecule has 1 fully saturated rings. The van der Waals surface area contributed by atoms with Crippen LogP contribution in [0.25, 0.3) is 0 Å². The topological polar surface area (TPSA) is 66.5 Å². The zero-order valence-electron chi connectivity index (χ0n) is 12.4. The zero-order chi connectivity index (χ0) is 15.7. The molecule has 1 aliphatic heterocycles. The fourth-order valence-corrected chi connectivity index (χ4v) is 3.21. The molecule has 0 saturated carbocycles. The van der Waals surface area contributed by atoms with E-state index in [4.69, 9.17) is 0 Å². The molecular formula is C17H18N2O3. The van der Waals surface area contributed by atoms with Crippen molar-refractivity contribution in [1.82, 2.24) is 10.2 Å². The van der Waals surface area contributed by atoms with Gasteiger partial charge in [-0.15, -0.1) is 0 Å². The third-order valence-corrected chi connectivity index (χ3v) is 4.35. The van der Waals surface area contributed by atoms with E-state index in [0.29, 0.717) is 6.42 Å². The Kier molecular flexibility index (Phi) is 3.79. The van der Waals surface area contributed by atoms with Gasteiger partial charge in [0.25, 0.3) is 0 Å². The van der Waals surface area contributed by atoms with Gasteiger partial charge in [-0.2, -0.15) is 0 Å². The van der Waals surface area contributed by atoms with Gasteiger partial charge in [-0.1, -0.05) is 42.5 Å². The van der Waals surface area contributed by atoms with Gasteiger partial charge in [-0.25, -0.2) is 0 Å². The second-order valence-corrected chi connectivity index (χ2v) is 5.79. The maximum absolute atomic E-state index is 12.2. The van der Waals surface area contributed by atoms with Crippen LogP contribution in [0, 0.1) is 11.8 Å². The lowest BCUT2D eigenvalue weighted by molar-refractivity contribution is -0.138. The average molecular weight is 298 g/mol. The van der Waals surface area contributed by atoms with Gasteiger partial charge < -0.3 is 5.32 Å². The number of allylic oxidation sites excluding steroid dienone is 1. The van der Waals surface area contributed by atoms with E-state index in [1.165, 1.54) is 11.9 Å². The van der Waals surface area contributed by atoms with E-state index in [0.717, 1.165) is 5.56 Å². The number of carbonyl (C=O) groups excluding carboxylic acids is 3. The minimum Gasteiger partial charge on any atom is -0.349 e. The Morgan fingerprint density at radius 3 is 2.68 bits per heavy atom. The largest absolute Gasteiger partial charge is 0.349 e. The maximum atomic E-state index is 12.2. The summed E-state index contributed by atoms with van der Waals surface area (Å²) in [6.45, 7) is 0. The number of benzene rings is 1. The molecule has 1 N–H and O–H groups in total. The molecule has 0 unspecified atom stereocenters. The second-order valence-electron chi connectivity index (χ2n) is 5.79. The summed E-state index contributed by atoms with van der Waals surface area (Å²) < 4.78 is 0. The highest BCUT2D eigenvalue weighted by atomic mass is 16.2. The van der Waals surface area contributed by atoms with Crippen LogP contribution in [0.15, 0.2) is 42.5 Å². The zero-order valence-corrected chi connectivity index (χ0v) is 12.4. The van der Waals surface area contributed by atoms with Gasteiger partial charge in [-0.3, -0.25) is 19.3 Å². The van der Waals surface area contributed by atoms with Crippen molar-refractivity contribution in [2.75, 3.05) is 7.05 Å². The number of nitrogens with zero attached hydrogens (tertiary/aromatic N) is 1. The average Bonchev–Trinajstić information content (AvgIpc) is 2.74. The molecule has 3 atom stereocenters. The Morgan fingerprint density at radius 2 is 1.95 bits per heavy atom. The lowest BCUT2D eigenvalue weighted by atomic mass is 9.81. The van der Waals surface area contributed by atoms with Crippen LogP contribution in [-0.4, -0.2) is 35.7 Å². The third kappa shape index (κ3) is 2.54. The monoisotopic (exact) mass is 298 g/mol. The van der Waals surface area contributed by atoms with E-state index in [1.54, 1.807) is 0 Å². The fourth-order valence-electron chi connectivity index (χ4n) is 3.21. The molecule has 1 aromatic carbocycles. The van der Waals surface area contributed by atoms with Crippen molar-refractivity contribution in [3.63, 3.8) is 0 Å². The van der Waals surface area contributed by atoms with E-state index in [-0.39, 0.29) is 30.1 Å². The van der Waals surface area contributed by atoms with Crippen molar-refractivity contribution in [2.24, 2.45) is 11.8 Å². The smallest absolute Gasteiger partial charge is 0.235 e. The van der Waals surface area contributed by atoms with Crippen LogP contribution in [0.2, 0.25) is 0 Å². The minimum atomic E-state index is -0.470. The van der Waals surface area contributed by atoms with Gasteiger partial charge in [0.2, 0.25) is 17.7 Å². The van der Waals surface area contributed by atoms with Crippen molar-refractivity contribution in [3.05, 3.63) is 48.0 Å². The normalized spacial score (nSPS) is 27.0. The number of fused-ring (bicyclic) bond motifs is 1. The molecule has 1 heterocycles. The number of carbonyl (C=O) groups is 3. The summed E-state index contributed by atoms with van der Waals surface area (Å²) in [5.41, 5.74) is 0.919. The van der Waals surface area contributed by atoms with Crippen LogP contribution in [0.1, 0.15) is 12.0 Å². The molecule has 0 aromatic heterocycles. The standard InChI is InChI=1S/C17H18N2O3/c1-19-16(21)12-8-5-9-13(15(12)17(19)22)18-14(20)10-11-6-3-2-4-7-11/h2-7,9,12-13,15H,8,10H2,1H3,(H,18,20)/t12-,13+,15-/m0/s1. The van der Waals surface area contributed by atoms with Crippen LogP contribution in [-0.2, 0) is 20.8 Å². The number of imide groups is 1. The summed E-state index contributed by atoms with van der Waals surface area (Å²) in [4.78, 5) is 37.6. The Hall–Kier alpha value is -2.43. The molecule has 2 aliphatic rings. The lowest BCUT2D eigenvalue weighted by Crippen LogP contribution is -2.45.